The van der Waals surface area contributed by atoms with Gasteiger partial charge in [-0.25, -0.2) is 0 Å². The zero-order valence-corrected chi connectivity index (χ0v) is 10.2. The second-order valence-corrected chi connectivity index (χ2v) is 4.52. The summed E-state index contributed by atoms with van der Waals surface area (Å²) in [7, 11) is 0. The second kappa shape index (κ2) is 6.58. The molecule has 1 amide bonds. The Morgan fingerprint density at radius 2 is 2.35 bits per heavy atom. The van der Waals surface area contributed by atoms with Gasteiger partial charge in [-0.05, 0) is 31.1 Å². The smallest absolute Gasteiger partial charge is 0.231 e. The van der Waals surface area contributed by atoms with E-state index in [1.807, 2.05) is 0 Å². The molecule has 2 rings (SSSR count). The standard InChI is InChI=1S/C9H15N5O2S/c15-8(11-9-12-13-14-17-9)3-6-16-7-1-4-10-5-2-7/h7,10H,1-6H2,(H,11,12,14,15). The Balaban J connectivity index is 1.59. The highest BCUT2D eigenvalue weighted by Crippen LogP contribution is 2.08. The SMILES string of the molecule is O=C(CCOC1CCNCC1)Nc1nnns1. The van der Waals surface area contributed by atoms with Crippen LogP contribution in [0.25, 0.3) is 0 Å². The predicted octanol–water partition coefficient (Wildman–Crippen LogP) is 0.0303. The van der Waals surface area contributed by atoms with Crippen molar-refractivity contribution in [2.75, 3.05) is 25.0 Å². The Hall–Kier alpha value is -1.12. The number of piperidine rings is 1. The van der Waals surface area contributed by atoms with Crippen molar-refractivity contribution in [1.29, 1.82) is 0 Å². The molecule has 1 fully saturated rings. The maximum Gasteiger partial charge on any atom is 0.231 e. The lowest BCUT2D eigenvalue weighted by Gasteiger charge is -2.22. The van der Waals surface area contributed by atoms with Gasteiger partial charge < -0.3 is 10.1 Å². The van der Waals surface area contributed by atoms with E-state index in [9.17, 15) is 4.79 Å². The van der Waals surface area contributed by atoms with E-state index in [0.29, 0.717) is 18.2 Å². The van der Waals surface area contributed by atoms with Crippen molar-refractivity contribution in [2.45, 2.75) is 25.4 Å². The molecular formula is C9H15N5O2S. The Morgan fingerprint density at radius 3 is 3.06 bits per heavy atom. The number of nitrogens with zero attached hydrogens (tertiary/aromatic N) is 3. The van der Waals surface area contributed by atoms with E-state index in [-0.39, 0.29) is 12.0 Å². The van der Waals surface area contributed by atoms with Crippen molar-refractivity contribution in [3.8, 4) is 0 Å². The zero-order valence-electron chi connectivity index (χ0n) is 9.39. The van der Waals surface area contributed by atoms with Crippen LogP contribution in [0, 0.1) is 0 Å². The van der Waals surface area contributed by atoms with Crippen LogP contribution in [0.15, 0.2) is 0 Å². The maximum atomic E-state index is 11.5. The number of nitrogens with one attached hydrogen (secondary N) is 2. The van der Waals surface area contributed by atoms with Crippen molar-refractivity contribution in [3.05, 3.63) is 0 Å². The molecule has 1 saturated heterocycles. The highest BCUT2D eigenvalue weighted by atomic mass is 32.1. The van der Waals surface area contributed by atoms with E-state index in [0.717, 1.165) is 37.5 Å². The van der Waals surface area contributed by atoms with E-state index in [1.54, 1.807) is 0 Å². The summed E-state index contributed by atoms with van der Waals surface area (Å²) < 4.78 is 9.18. The van der Waals surface area contributed by atoms with Crippen LogP contribution in [0.4, 0.5) is 5.13 Å². The minimum atomic E-state index is -0.113. The monoisotopic (exact) mass is 257 g/mol. The van der Waals surface area contributed by atoms with Crippen LogP contribution in [0.3, 0.4) is 0 Å². The number of hydrogen-bond donors (Lipinski definition) is 2. The average molecular weight is 257 g/mol. The van der Waals surface area contributed by atoms with Gasteiger partial charge in [0.05, 0.1) is 19.1 Å². The number of aromatic nitrogens is 3. The molecule has 8 heteroatoms. The number of rotatable bonds is 5. The summed E-state index contributed by atoms with van der Waals surface area (Å²) >= 11 is 1.06. The minimum absolute atomic E-state index is 0.113. The summed E-state index contributed by atoms with van der Waals surface area (Å²) in [5.41, 5.74) is 0. The van der Waals surface area contributed by atoms with Gasteiger partial charge in [-0.15, -0.1) is 0 Å². The Morgan fingerprint density at radius 1 is 1.53 bits per heavy atom. The molecule has 94 valence electrons. The third-order valence-corrected chi connectivity index (χ3v) is 3.03. The molecule has 2 heterocycles. The summed E-state index contributed by atoms with van der Waals surface area (Å²) in [5, 5.41) is 13.3. The largest absolute Gasteiger partial charge is 0.378 e. The molecule has 0 spiro atoms. The molecule has 0 radical (unpaired) electrons. The molecule has 1 aliphatic rings. The highest BCUT2D eigenvalue weighted by molar-refractivity contribution is 7.09. The molecule has 0 bridgehead atoms. The van der Waals surface area contributed by atoms with Crippen LogP contribution in [0.1, 0.15) is 19.3 Å². The van der Waals surface area contributed by atoms with Crippen molar-refractivity contribution in [3.63, 3.8) is 0 Å². The van der Waals surface area contributed by atoms with Gasteiger partial charge in [-0.2, -0.15) is 0 Å². The van der Waals surface area contributed by atoms with Crippen molar-refractivity contribution in [2.24, 2.45) is 0 Å². The summed E-state index contributed by atoms with van der Waals surface area (Å²) in [6.45, 7) is 2.43. The molecule has 7 nitrogen and oxygen atoms in total. The molecule has 0 atom stereocenters. The molecule has 17 heavy (non-hydrogen) atoms. The quantitative estimate of drug-likeness (QED) is 0.773. The van der Waals surface area contributed by atoms with E-state index >= 15 is 0 Å². The Kier molecular flexibility index (Phi) is 4.77. The topological polar surface area (TPSA) is 89.0 Å². The fourth-order valence-electron chi connectivity index (χ4n) is 1.64. The number of anilines is 1. The summed E-state index contributed by atoms with van der Waals surface area (Å²) in [6.07, 6.45) is 2.65. The van der Waals surface area contributed by atoms with Gasteiger partial charge in [0.25, 0.3) is 0 Å². The fraction of sp³-hybridized carbons (Fsp3) is 0.778. The van der Waals surface area contributed by atoms with E-state index < -0.39 is 0 Å². The van der Waals surface area contributed by atoms with Gasteiger partial charge >= 0.3 is 0 Å². The first kappa shape index (κ1) is 12.3. The third kappa shape index (κ3) is 4.33. The highest BCUT2D eigenvalue weighted by Gasteiger charge is 2.13. The van der Waals surface area contributed by atoms with Gasteiger partial charge in [-0.3, -0.25) is 10.1 Å². The van der Waals surface area contributed by atoms with Crippen LogP contribution in [-0.4, -0.2) is 46.5 Å². The van der Waals surface area contributed by atoms with E-state index in [1.165, 1.54) is 0 Å². The van der Waals surface area contributed by atoms with Crippen molar-refractivity contribution < 1.29 is 9.53 Å². The molecule has 2 N–H and O–H groups in total. The molecule has 1 aliphatic heterocycles. The second-order valence-electron chi connectivity index (χ2n) is 3.79. The van der Waals surface area contributed by atoms with Crippen LogP contribution in [-0.2, 0) is 9.53 Å². The van der Waals surface area contributed by atoms with Gasteiger partial charge in [0.15, 0.2) is 0 Å². The molecule has 0 unspecified atom stereocenters. The molecule has 0 saturated carbocycles. The molecule has 0 aromatic carbocycles. The fourth-order valence-corrected chi connectivity index (χ4v) is 2.03. The normalized spacial score (nSPS) is 16.9. The summed E-state index contributed by atoms with van der Waals surface area (Å²) in [4.78, 5) is 11.5. The van der Waals surface area contributed by atoms with E-state index in [4.69, 9.17) is 4.74 Å². The summed E-state index contributed by atoms with van der Waals surface area (Å²) in [5.74, 6) is -0.113. The van der Waals surface area contributed by atoms with Gasteiger partial charge in [0.1, 0.15) is 0 Å². The van der Waals surface area contributed by atoms with Crippen molar-refractivity contribution in [1.82, 2.24) is 20.1 Å². The van der Waals surface area contributed by atoms with Crippen LogP contribution < -0.4 is 10.6 Å². The van der Waals surface area contributed by atoms with Gasteiger partial charge in [0, 0.05) is 11.5 Å². The molecule has 1 aromatic rings. The minimum Gasteiger partial charge on any atom is -0.378 e. The van der Waals surface area contributed by atoms with Crippen LogP contribution in [0.2, 0.25) is 0 Å². The maximum absolute atomic E-state index is 11.5. The molecule has 1 aromatic heterocycles. The zero-order chi connectivity index (χ0) is 11.9. The van der Waals surface area contributed by atoms with E-state index in [2.05, 4.69) is 25.4 Å². The molecule has 0 aliphatic carbocycles. The first-order chi connectivity index (χ1) is 8.34. The lowest BCUT2D eigenvalue weighted by atomic mass is 10.1. The Labute approximate surface area is 103 Å². The Bertz CT molecular complexity index is 339. The molecular weight excluding hydrogens is 242 g/mol. The third-order valence-electron chi connectivity index (χ3n) is 2.51. The summed E-state index contributed by atoms with van der Waals surface area (Å²) in [6, 6.07) is 0. The van der Waals surface area contributed by atoms with Gasteiger partial charge in [0.2, 0.25) is 11.0 Å². The predicted molar refractivity (Wildman–Crippen MR) is 62.8 cm³/mol. The lowest BCUT2D eigenvalue weighted by molar-refractivity contribution is -0.117. The lowest BCUT2D eigenvalue weighted by Crippen LogP contribution is -2.33. The van der Waals surface area contributed by atoms with Crippen LogP contribution >= 0.6 is 11.5 Å². The number of carbonyl (C=O) groups excluding carboxylic acids is 1. The van der Waals surface area contributed by atoms with Crippen LogP contribution in [0.5, 0.6) is 0 Å². The first-order valence-corrected chi connectivity index (χ1v) is 6.39. The number of carbonyl (C=O) groups is 1. The number of amides is 1. The van der Waals surface area contributed by atoms with Gasteiger partial charge in [-0.1, -0.05) is 9.59 Å². The average Bonchev–Trinajstić information content (AvgIpc) is 2.83. The number of hydrogen-bond acceptors (Lipinski definition) is 7. The number of ether oxygens (including phenoxy) is 1. The van der Waals surface area contributed by atoms with Crippen molar-refractivity contribution >= 4 is 22.6 Å². The first-order valence-electron chi connectivity index (χ1n) is 5.62.